The van der Waals surface area contributed by atoms with Gasteiger partial charge < -0.3 is 15.0 Å². The van der Waals surface area contributed by atoms with Crippen LogP contribution in [-0.2, 0) is 16.0 Å². The highest BCUT2D eigenvalue weighted by atomic mass is 35.5. The molecule has 0 radical (unpaired) electrons. The molecule has 0 aliphatic carbocycles. The van der Waals surface area contributed by atoms with Crippen LogP contribution in [-0.4, -0.2) is 49.1 Å². The Labute approximate surface area is 157 Å². The molecule has 0 bridgehead atoms. The first-order valence-electron chi connectivity index (χ1n) is 8.60. The molecule has 136 valence electrons. The normalized spacial score (nSPS) is 15.3. The zero-order chi connectivity index (χ0) is 18.4. The van der Waals surface area contributed by atoms with Gasteiger partial charge in [-0.1, -0.05) is 41.9 Å². The van der Waals surface area contributed by atoms with Crippen LogP contribution in [0.2, 0.25) is 5.02 Å². The van der Waals surface area contributed by atoms with Crippen molar-refractivity contribution >= 4 is 23.4 Å². The number of ether oxygens (including phenoxy) is 1. The summed E-state index contributed by atoms with van der Waals surface area (Å²) in [4.78, 5) is 27.3. The molecule has 0 spiro atoms. The predicted molar refractivity (Wildman–Crippen MR) is 100 cm³/mol. The molecule has 0 unspecified atom stereocenters. The van der Waals surface area contributed by atoms with Crippen molar-refractivity contribution in [2.24, 2.45) is 0 Å². The van der Waals surface area contributed by atoms with Gasteiger partial charge in [-0.25, -0.2) is 0 Å². The van der Waals surface area contributed by atoms with E-state index in [0.29, 0.717) is 43.3 Å². The average molecular weight is 373 g/mol. The van der Waals surface area contributed by atoms with Crippen molar-refractivity contribution in [1.82, 2.24) is 10.2 Å². The Morgan fingerprint density at radius 2 is 1.69 bits per heavy atom. The highest BCUT2D eigenvalue weighted by Crippen LogP contribution is 2.12. The Balaban J connectivity index is 1.76. The van der Waals surface area contributed by atoms with Gasteiger partial charge in [-0.2, -0.15) is 0 Å². The van der Waals surface area contributed by atoms with E-state index in [2.05, 4.69) is 5.32 Å². The zero-order valence-electron chi connectivity index (χ0n) is 14.4. The molecule has 1 aliphatic heterocycles. The number of hydrogen-bond donors (Lipinski definition) is 1. The second kappa shape index (κ2) is 8.83. The lowest BCUT2D eigenvalue weighted by Gasteiger charge is -2.31. The Kier molecular flexibility index (Phi) is 6.26. The van der Waals surface area contributed by atoms with Crippen molar-refractivity contribution < 1.29 is 14.3 Å². The van der Waals surface area contributed by atoms with Crippen LogP contribution in [0.3, 0.4) is 0 Å². The molecule has 0 aromatic heterocycles. The van der Waals surface area contributed by atoms with Gasteiger partial charge in [-0.3, -0.25) is 9.59 Å². The average Bonchev–Trinajstić information content (AvgIpc) is 2.69. The number of hydrogen-bond acceptors (Lipinski definition) is 3. The van der Waals surface area contributed by atoms with Crippen LogP contribution in [0.1, 0.15) is 15.9 Å². The number of rotatable bonds is 5. The molecule has 26 heavy (non-hydrogen) atoms. The van der Waals surface area contributed by atoms with E-state index in [0.717, 1.165) is 5.56 Å². The van der Waals surface area contributed by atoms with E-state index in [4.69, 9.17) is 16.3 Å². The maximum Gasteiger partial charge on any atom is 0.251 e. The molecule has 3 rings (SSSR count). The molecular weight excluding hydrogens is 352 g/mol. The van der Waals surface area contributed by atoms with Crippen LogP contribution in [0, 0.1) is 0 Å². The summed E-state index contributed by atoms with van der Waals surface area (Å²) in [5, 5.41) is 3.45. The smallest absolute Gasteiger partial charge is 0.251 e. The molecule has 2 aromatic carbocycles. The molecule has 6 heteroatoms. The highest BCUT2D eigenvalue weighted by molar-refractivity contribution is 6.30. The summed E-state index contributed by atoms with van der Waals surface area (Å²) in [5.74, 6) is -0.372. The minimum Gasteiger partial charge on any atom is -0.378 e. The van der Waals surface area contributed by atoms with Gasteiger partial charge in [-0.05, 0) is 29.8 Å². The minimum absolute atomic E-state index is 0.0838. The van der Waals surface area contributed by atoms with E-state index < -0.39 is 6.04 Å². The lowest BCUT2D eigenvalue weighted by Crippen LogP contribution is -2.52. The molecule has 5 nitrogen and oxygen atoms in total. The molecule has 1 atom stereocenters. The topological polar surface area (TPSA) is 58.6 Å². The van der Waals surface area contributed by atoms with E-state index in [1.165, 1.54) is 0 Å². The van der Waals surface area contributed by atoms with Gasteiger partial charge in [0.15, 0.2) is 0 Å². The summed E-state index contributed by atoms with van der Waals surface area (Å²) in [6.07, 6.45) is 0.441. The first-order chi connectivity index (χ1) is 12.6. The number of morpholine rings is 1. The molecule has 1 fully saturated rings. The summed E-state index contributed by atoms with van der Waals surface area (Å²) in [6, 6.07) is 15.7. The minimum atomic E-state index is -0.626. The molecule has 2 aromatic rings. The number of amides is 2. The quantitative estimate of drug-likeness (QED) is 0.877. The van der Waals surface area contributed by atoms with E-state index in [1.54, 1.807) is 29.2 Å². The molecule has 0 saturated carbocycles. The maximum atomic E-state index is 13.0. The van der Waals surface area contributed by atoms with Crippen molar-refractivity contribution in [2.75, 3.05) is 26.3 Å². The van der Waals surface area contributed by atoms with Gasteiger partial charge in [0.2, 0.25) is 5.91 Å². The summed E-state index contributed by atoms with van der Waals surface area (Å²) in [7, 11) is 0. The Hall–Kier alpha value is -2.37. The number of nitrogens with zero attached hydrogens (tertiary/aromatic N) is 1. The first kappa shape index (κ1) is 18.4. The number of benzene rings is 2. The predicted octanol–water partition coefficient (Wildman–Crippen LogP) is 2.54. The third-order valence-corrected chi connectivity index (χ3v) is 4.57. The molecule has 1 saturated heterocycles. The van der Waals surface area contributed by atoms with Gasteiger partial charge in [0.05, 0.1) is 13.2 Å². The van der Waals surface area contributed by atoms with Gasteiger partial charge in [0.25, 0.3) is 5.91 Å². The number of carbonyl (C=O) groups is 2. The maximum absolute atomic E-state index is 13.0. The summed E-state index contributed by atoms with van der Waals surface area (Å²) in [5.41, 5.74) is 1.47. The monoisotopic (exact) mass is 372 g/mol. The highest BCUT2D eigenvalue weighted by Gasteiger charge is 2.27. The van der Waals surface area contributed by atoms with Crippen molar-refractivity contribution in [2.45, 2.75) is 12.5 Å². The fourth-order valence-corrected chi connectivity index (χ4v) is 3.02. The van der Waals surface area contributed by atoms with Gasteiger partial charge in [0, 0.05) is 30.1 Å². The van der Waals surface area contributed by atoms with Crippen molar-refractivity contribution in [3.63, 3.8) is 0 Å². The SMILES string of the molecule is O=C(N[C@H](Cc1ccccc1)C(=O)N1CCOCC1)c1ccc(Cl)cc1. The fraction of sp³-hybridized carbons (Fsp3) is 0.300. The van der Waals surface area contributed by atoms with Crippen LogP contribution in [0.25, 0.3) is 0 Å². The summed E-state index contributed by atoms with van der Waals surface area (Å²) >= 11 is 5.88. The van der Waals surface area contributed by atoms with Gasteiger partial charge >= 0.3 is 0 Å². The molecular formula is C20H21ClN2O3. The summed E-state index contributed by atoms with van der Waals surface area (Å²) < 4.78 is 5.32. The van der Waals surface area contributed by atoms with Crippen LogP contribution >= 0.6 is 11.6 Å². The van der Waals surface area contributed by atoms with E-state index in [9.17, 15) is 9.59 Å². The van der Waals surface area contributed by atoms with Crippen LogP contribution < -0.4 is 5.32 Å². The second-order valence-corrected chi connectivity index (χ2v) is 6.60. The number of halogens is 1. The molecule has 1 N–H and O–H groups in total. The number of carbonyl (C=O) groups excluding carboxylic acids is 2. The van der Waals surface area contributed by atoms with E-state index >= 15 is 0 Å². The third-order valence-electron chi connectivity index (χ3n) is 4.32. The lowest BCUT2D eigenvalue weighted by molar-refractivity contribution is -0.137. The van der Waals surface area contributed by atoms with Crippen molar-refractivity contribution in [3.05, 3.63) is 70.7 Å². The standard InChI is InChI=1S/C20H21ClN2O3/c21-17-8-6-16(7-9-17)19(24)22-18(14-15-4-2-1-3-5-15)20(25)23-10-12-26-13-11-23/h1-9,18H,10-14H2,(H,22,24)/t18-/m1/s1. The van der Waals surface area contributed by atoms with E-state index in [1.807, 2.05) is 30.3 Å². The van der Waals surface area contributed by atoms with Gasteiger partial charge in [0.1, 0.15) is 6.04 Å². The van der Waals surface area contributed by atoms with Crippen LogP contribution in [0.5, 0.6) is 0 Å². The zero-order valence-corrected chi connectivity index (χ0v) is 15.1. The Bertz CT molecular complexity index is 743. The third kappa shape index (κ3) is 4.84. The van der Waals surface area contributed by atoms with Crippen molar-refractivity contribution in [1.29, 1.82) is 0 Å². The Morgan fingerprint density at radius 3 is 2.35 bits per heavy atom. The first-order valence-corrected chi connectivity index (χ1v) is 8.98. The second-order valence-electron chi connectivity index (χ2n) is 6.16. The summed E-state index contributed by atoms with van der Waals surface area (Å²) in [6.45, 7) is 2.13. The fourth-order valence-electron chi connectivity index (χ4n) is 2.90. The van der Waals surface area contributed by atoms with Gasteiger partial charge in [-0.15, -0.1) is 0 Å². The Morgan fingerprint density at radius 1 is 1.04 bits per heavy atom. The van der Waals surface area contributed by atoms with Crippen LogP contribution in [0.4, 0.5) is 0 Å². The lowest BCUT2D eigenvalue weighted by atomic mass is 10.0. The van der Waals surface area contributed by atoms with Crippen molar-refractivity contribution in [3.8, 4) is 0 Å². The molecule has 1 heterocycles. The number of nitrogens with one attached hydrogen (secondary N) is 1. The van der Waals surface area contributed by atoms with E-state index in [-0.39, 0.29) is 11.8 Å². The molecule has 2 amide bonds. The molecule has 1 aliphatic rings. The van der Waals surface area contributed by atoms with Crippen LogP contribution in [0.15, 0.2) is 54.6 Å². The largest absolute Gasteiger partial charge is 0.378 e.